The Morgan fingerprint density at radius 2 is 2.29 bits per heavy atom. The van der Waals surface area contributed by atoms with Crippen LogP contribution in [0.4, 0.5) is 0 Å². The molecule has 0 fully saturated rings. The summed E-state index contributed by atoms with van der Waals surface area (Å²) < 4.78 is 1.98. The summed E-state index contributed by atoms with van der Waals surface area (Å²) in [5.74, 6) is 0.894. The van der Waals surface area contributed by atoms with E-state index in [0.29, 0.717) is 24.5 Å². The molecule has 92 valence electrons. The molecule has 0 saturated carbocycles. The van der Waals surface area contributed by atoms with Gasteiger partial charge >= 0.3 is 0 Å². The second-order valence-electron chi connectivity index (χ2n) is 4.16. The molecule has 1 heterocycles. The van der Waals surface area contributed by atoms with Gasteiger partial charge in [-0.05, 0) is 31.7 Å². The number of benzene rings is 1. The number of nitrogens with zero attached hydrogens (tertiary/aromatic N) is 2. The Morgan fingerprint density at radius 1 is 1.53 bits per heavy atom. The molecule has 0 amide bonds. The van der Waals surface area contributed by atoms with Crippen LogP contribution >= 0.6 is 11.6 Å². The summed E-state index contributed by atoms with van der Waals surface area (Å²) in [6.45, 7) is 2.80. The average molecular weight is 254 g/mol. The lowest BCUT2D eigenvalue weighted by molar-refractivity contribution is 0.174. The first-order chi connectivity index (χ1) is 8.11. The van der Waals surface area contributed by atoms with Crippen molar-refractivity contribution in [2.75, 3.05) is 6.54 Å². The molecule has 0 bridgehead atoms. The van der Waals surface area contributed by atoms with Crippen LogP contribution in [-0.4, -0.2) is 27.3 Å². The maximum Gasteiger partial charge on any atom is 0.111 e. The molecule has 1 aromatic heterocycles. The number of nitrogens with two attached hydrogens (primary N) is 1. The molecule has 0 aliphatic carbocycles. The molecule has 1 unspecified atom stereocenters. The minimum Gasteiger partial charge on any atom is -0.392 e. The van der Waals surface area contributed by atoms with Crippen LogP contribution in [0.1, 0.15) is 12.7 Å². The molecule has 0 spiro atoms. The van der Waals surface area contributed by atoms with Gasteiger partial charge in [0.2, 0.25) is 0 Å². The largest absolute Gasteiger partial charge is 0.392 e. The SMILES string of the molecule is CC(O)Cn1c(CCN)nc2ccc(Cl)cc21. The van der Waals surface area contributed by atoms with Crippen LogP contribution in [0.15, 0.2) is 18.2 Å². The van der Waals surface area contributed by atoms with E-state index in [4.69, 9.17) is 17.3 Å². The highest BCUT2D eigenvalue weighted by atomic mass is 35.5. The number of aliphatic hydroxyl groups excluding tert-OH is 1. The molecule has 3 N–H and O–H groups in total. The lowest BCUT2D eigenvalue weighted by Crippen LogP contribution is -2.16. The van der Waals surface area contributed by atoms with Crippen molar-refractivity contribution in [2.24, 2.45) is 5.73 Å². The molecule has 0 aliphatic heterocycles. The van der Waals surface area contributed by atoms with Crippen molar-refractivity contribution in [2.45, 2.75) is 26.0 Å². The maximum atomic E-state index is 9.53. The quantitative estimate of drug-likeness (QED) is 0.870. The Hall–Kier alpha value is -1.10. The highest BCUT2D eigenvalue weighted by Crippen LogP contribution is 2.21. The Labute approximate surface area is 105 Å². The van der Waals surface area contributed by atoms with Crippen LogP contribution in [-0.2, 0) is 13.0 Å². The number of rotatable bonds is 4. The van der Waals surface area contributed by atoms with Gasteiger partial charge in [-0.15, -0.1) is 0 Å². The van der Waals surface area contributed by atoms with E-state index in [1.165, 1.54) is 0 Å². The number of aromatic nitrogens is 2. The Bertz CT molecular complexity index is 522. The molecule has 0 radical (unpaired) electrons. The van der Waals surface area contributed by atoms with E-state index < -0.39 is 6.10 Å². The zero-order valence-corrected chi connectivity index (χ0v) is 10.5. The normalized spacial score (nSPS) is 13.2. The fourth-order valence-electron chi connectivity index (χ4n) is 1.93. The van der Waals surface area contributed by atoms with E-state index >= 15 is 0 Å². The number of hydrogen-bond donors (Lipinski definition) is 2. The standard InChI is InChI=1S/C12H16ClN3O/c1-8(17)7-16-11-6-9(13)2-3-10(11)15-12(16)4-5-14/h2-3,6,8,17H,4-5,7,14H2,1H3. The zero-order valence-electron chi connectivity index (χ0n) is 9.73. The van der Waals surface area contributed by atoms with Crippen molar-refractivity contribution < 1.29 is 5.11 Å². The zero-order chi connectivity index (χ0) is 12.4. The van der Waals surface area contributed by atoms with Crippen molar-refractivity contribution >= 4 is 22.6 Å². The van der Waals surface area contributed by atoms with E-state index in [1.54, 1.807) is 6.92 Å². The van der Waals surface area contributed by atoms with Gasteiger partial charge in [0, 0.05) is 11.4 Å². The van der Waals surface area contributed by atoms with Gasteiger partial charge < -0.3 is 15.4 Å². The molecule has 2 aromatic rings. The third kappa shape index (κ3) is 2.60. The second-order valence-corrected chi connectivity index (χ2v) is 4.60. The first-order valence-electron chi connectivity index (χ1n) is 5.64. The second kappa shape index (κ2) is 5.04. The third-order valence-corrected chi connectivity index (χ3v) is 2.84. The molecule has 2 rings (SSSR count). The molecule has 0 saturated heterocycles. The maximum absolute atomic E-state index is 9.53. The summed E-state index contributed by atoms with van der Waals surface area (Å²) in [4.78, 5) is 4.51. The van der Waals surface area contributed by atoms with Crippen molar-refractivity contribution in [1.29, 1.82) is 0 Å². The Kier molecular flexibility index (Phi) is 3.66. The smallest absolute Gasteiger partial charge is 0.111 e. The summed E-state index contributed by atoms with van der Waals surface area (Å²) in [5.41, 5.74) is 7.40. The van der Waals surface area contributed by atoms with E-state index in [0.717, 1.165) is 16.9 Å². The van der Waals surface area contributed by atoms with Gasteiger partial charge in [-0.3, -0.25) is 0 Å². The van der Waals surface area contributed by atoms with Gasteiger partial charge in [0.15, 0.2) is 0 Å². The summed E-state index contributed by atoms with van der Waals surface area (Å²) in [6, 6.07) is 5.57. The van der Waals surface area contributed by atoms with Crippen LogP contribution in [0.5, 0.6) is 0 Å². The predicted octanol–water partition coefficient (Wildman–Crippen LogP) is 1.57. The number of aliphatic hydroxyl groups is 1. The molecular formula is C12H16ClN3O. The number of imidazole rings is 1. The van der Waals surface area contributed by atoms with Crippen molar-refractivity contribution in [3.63, 3.8) is 0 Å². The van der Waals surface area contributed by atoms with E-state index in [-0.39, 0.29) is 0 Å². The number of fused-ring (bicyclic) bond motifs is 1. The highest BCUT2D eigenvalue weighted by Gasteiger charge is 2.12. The van der Waals surface area contributed by atoms with Gasteiger partial charge in [0.05, 0.1) is 23.7 Å². The van der Waals surface area contributed by atoms with E-state index in [2.05, 4.69) is 4.98 Å². The van der Waals surface area contributed by atoms with Crippen LogP contribution in [0.2, 0.25) is 5.02 Å². The molecule has 17 heavy (non-hydrogen) atoms. The lowest BCUT2D eigenvalue weighted by atomic mass is 10.3. The molecular weight excluding hydrogens is 238 g/mol. The number of hydrogen-bond acceptors (Lipinski definition) is 3. The summed E-state index contributed by atoms with van der Waals surface area (Å²) in [6.07, 6.45) is 0.266. The van der Waals surface area contributed by atoms with Gasteiger partial charge in [-0.1, -0.05) is 11.6 Å². The minimum atomic E-state index is -0.428. The molecule has 1 aromatic carbocycles. The summed E-state index contributed by atoms with van der Waals surface area (Å²) in [5, 5.41) is 10.2. The van der Waals surface area contributed by atoms with Crippen molar-refractivity contribution in [3.05, 3.63) is 29.0 Å². The molecule has 0 aliphatic rings. The minimum absolute atomic E-state index is 0.428. The topological polar surface area (TPSA) is 64.1 Å². The van der Waals surface area contributed by atoms with Crippen molar-refractivity contribution in [3.8, 4) is 0 Å². The lowest BCUT2D eigenvalue weighted by Gasteiger charge is -2.10. The van der Waals surface area contributed by atoms with Crippen LogP contribution in [0.3, 0.4) is 0 Å². The van der Waals surface area contributed by atoms with E-state index in [1.807, 2.05) is 22.8 Å². The van der Waals surface area contributed by atoms with Gasteiger partial charge in [0.1, 0.15) is 5.82 Å². The first-order valence-corrected chi connectivity index (χ1v) is 6.02. The Morgan fingerprint density at radius 3 is 2.94 bits per heavy atom. The average Bonchev–Trinajstić information content (AvgIpc) is 2.57. The Balaban J connectivity index is 2.55. The first kappa shape index (κ1) is 12.4. The molecule has 1 atom stereocenters. The van der Waals surface area contributed by atoms with Crippen LogP contribution < -0.4 is 5.73 Å². The number of halogens is 1. The van der Waals surface area contributed by atoms with Crippen LogP contribution in [0.25, 0.3) is 11.0 Å². The monoisotopic (exact) mass is 253 g/mol. The van der Waals surface area contributed by atoms with Gasteiger partial charge in [-0.25, -0.2) is 4.98 Å². The fourth-order valence-corrected chi connectivity index (χ4v) is 2.10. The van der Waals surface area contributed by atoms with Crippen molar-refractivity contribution in [1.82, 2.24) is 9.55 Å². The fraction of sp³-hybridized carbons (Fsp3) is 0.417. The summed E-state index contributed by atoms with van der Waals surface area (Å²) >= 11 is 5.99. The van der Waals surface area contributed by atoms with E-state index in [9.17, 15) is 5.11 Å². The van der Waals surface area contributed by atoms with Crippen LogP contribution in [0, 0.1) is 0 Å². The third-order valence-electron chi connectivity index (χ3n) is 2.60. The highest BCUT2D eigenvalue weighted by molar-refractivity contribution is 6.31. The van der Waals surface area contributed by atoms with Gasteiger partial charge in [0.25, 0.3) is 0 Å². The summed E-state index contributed by atoms with van der Waals surface area (Å²) in [7, 11) is 0. The molecule has 4 nitrogen and oxygen atoms in total. The molecule has 5 heteroatoms. The predicted molar refractivity (Wildman–Crippen MR) is 69.2 cm³/mol. The van der Waals surface area contributed by atoms with Gasteiger partial charge in [-0.2, -0.15) is 0 Å².